The van der Waals surface area contributed by atoms with Gasteiger partial charge in [-0.1, -0.05) is 0 Å². The minimum atomic E-state index is -0.0969. The van der Waals surface area contributed by atoms with Crippen molar-refractivity contribution < 1.29 is 14.3 Å². The largest absolute Gasteiger partial charge is 0.375 e. The molecule has 3 rings (SSSR count). The molecule has 2 aromatic heterocycles. The lowest BCUT2D eigenvalue weighted by Gasteiger charge is -2.32. The topological polar surface area (TPSA) is 76.5 Å². The molecular formula is C18H24N4O3. The number of carbonyl (C=O) groups is 2. The van der Waals surface area contributed by atoms with E-state index in [4.69, 9.17) is 4.74 Å². The molecule has 0 bridgehead atoms. The van der Waals surface area contributed by atoms with Gasteiger partial charge in [-0.3, -0.25) is 14.6 Å². The quantitative estimate of drug-likeness (QED) is 0.854. The van der Waals surface area contributed by atoms with Crippen molar-refractivity contribution in [2.45, 2.75) is 31.8 Å². The monoisotopic (exact) mass is 344 g/mol. The summed E-state index contributed by atoms with van der Waals surface area (Å²) in [5.41, 5.74) is 1.05. The third-order valence-corrected chi connectivity index (χ3v) is 4.63. The Morgan fingerprint density at radius 1 is 1.32 bits per heavy atom. The van der Waals surface area contributed by atoms with Crippen LogP contribution in [-0.2, 0) is 20.9 Å². The van der Waals surface area contributed by atoms with Crippen molar-refractivity contribution in [2.24, 2.45) is 0 Å². The maximum Gasteiger partial charge on any atom is 0.246 e. The Hall–Kier alpha value is -2.41. The van der Waals surface area contributed by atoms with Crippen LogP contribution in [0.1, 0.15) is 19.3 Å². The number of nitrogens with one attached hydrogen (secondary N) is 1. The van der Waals surface area contributed by atoms with E-state index in [9.17, 15) is 9.59 Å². The Morgan fingerprint density at radius 3 is 2.88 bits per heavy atom. The van der Waals surface area contributed by atoms with Crippen LogP contribution < -0.4 is 5.32 Å². The molecule has 134 valence electrons. The van der Waals surface area contributed by atoms with Crippen molar-refractivity contribution >= 4 is 22.7 Å². The van der Waals surface area contributed by atoms with Crippen molar-refractivity contribution in [3.63, 3.8) is 0 Å². The molecule has 0 aromatic carbocycles. The van der Waals surface area contributed by atoms with Crippen LogP contribution in [0.5, 0.6) is 0 Å². The predicted octanol–water partition coefficient (Wildman–Crippen LogP) is 1.18. The summed E-state index contributed by atoms with van der Waals surface area (Å²) in [6.07, 6.45) is 7.65. The van der Waals surface area contributed by atoms with Crippen molar-refractivity contribution in [1.82, 2.24) is 19.8 Å². The molecule has 0 radical (unpaired) electrons. The average molecular weight is 344 g/mol. The van der Waals surface area contributed by atoms with E-state index in [-0.39, 0.29) is 24.5 Å². The molecule has 0 unspecified atom stereocenters. The molecule has 3 heterocycles. The standard InChI is InChI=1S/C18H24N4O3/c1-25-13-17(23)20-15-4-9-22(10-5-15)18(24)6-11-21-8-3-14-2-7-19-12-16(14)21/h2-3,7-8,12,15H,4-6,9-11,13H2,1H3,(H,20,23). The summed E-state index contributed by atoms with van der Waals surface area (Å²) in [6, 6.07) is 4.14. The average Bonchev–Trinajstić information content (AvgIpc) is 3.04. The SMILES string of the molecule is COCC(=O)NC1CCN(C(=O)CCn2ccc3ccncc32)CC1. The van der Waals surface area contributed by atoms with Crippen LogP contribution in [0.15, 0.2) is 30.7 Å². The van der Waals surface area contributed by atoms with Gasteiger partial charge in [-0.25, -0.2) is 0 Å². The van der Waals surface area contributed by atoms with Gasteiger partial charge in [0.05, 0.1) is 11.7 Å². The molecule has 1 saturated heterocycles. The van der Waals surface area contributed by atoms with Crippen molar-refractivity contribution in [3.05, 3.63) is 30.7 Å². The Bertz CT molecular complexity index is 735. The molecule has 1 N–H and O–H groups in total. The number of rotatable bonds is 6. The molecule has 1 aliphatic rings. The fourth-order valence-electron chi connectivity index (χ4n) is 3.27. The summed E-state index contributed by atoms with van der Waals surface area (Å²) < 4.78 is 6.89. The third kappa shape index (κ3) is 4.36. The highest BCUT2D eigenvalue weighted by atomic mass is 16.5. The highest BCUT2D eigenvalue weighted by molar-refractivity contribution is 5.80. The third-order valence-electron chi connectivity index (χ3n) is 4.63. The molecule has 0 atom stereocenters. The van der Waals surface area contributed by atoms with Crippen molar-refractivity contribution in [3.8, 4) is 0 Å². The second kappa shape index (κ2) is 8.11. The zero-order valence-corrected chi connectivity index (χ0v) is 14.5. The number of aromatic nitrogens is 2. The van der Waals surface area contributed by atoms with Crippen LogP contribution in [0.3, 0.4) is 0 Å². The normalized spacial score (nSPS) is 15.5. The lowest BCUT2D eigenvalue weighted by atomic mass is 10.0. The number of hydrogen-bond acceptors (Lipinski definition) is 4. The van der Waals surface area contributed by atoms with Crippen LogP contribution in [0.25, 0.3) is 10.9 Å². The van der Waals surface area contributed by atoms with E-state index < -0.39 is 0 Å². The smallest absolute Gasteiger partial charge is 0.246 e. The number of ether oxygens (including phenoxy) is 1. The number of carbonyl (C=O) groups excluding carboxylic acids is 2. The number of likely N-dealkylation sites (tertiary alicyclic amines) is 1. The summed E-state index contributed by atoms with van der Waals surface area (Å²) >= 11 is 0. The minimum absolute atomic E-state index is 0.0822. The number of hydrogen-bond donors (Lipinski definition) is 1. The Morgan fingerprint density at radius 2 is 2.12 bits per heavy atom. The molecule has 2 amide bonds. The van der Waals surface area contributed by atoms with E-state index in [2.05, 4.69) is 14.9 Å². The molecule has 7 nitrogen and oxygen atoms in total. The van der Waals surface area contributed by atoms with Gasteiger partial charge in [0.15, 0.2) is 0 Å². The van der Waals surface area contributed by atoms with Crippen LogP contribution in [0.4, 0.5) is 0 Å². The lowest BCUT2D eigenvalue weighted by Crippen LogP contribution is -2.47. The number of fused-ring (bicyclic) bond motifs is 1. The molecule has 0 aliphatic carbocycles. The molecule has 2 aromatic rings. The zero-order chi connectivity index (χ0) is 17.6. The predicted molar refractivity (Wildman–Crippen MR) is 94.0 cm³/mol. The molecule has 0 saturated carbocycles. The zero-order valence-electron chi connectivity index (χ0n) is 14.5. The van der Waals surface area contributed by atoms with E-state index in [0.29, 0.717) is 26.1 Å². The van der Waals surface area contributed by atoms with Crippen LogP contribution in [0.2, 0.25) is 0 Å². The van der Waals surface area contributed by atoms with E-state index in [1.165, 1.54) is 7.11 Å². The Kier molecular flexibility index (Phi) is 5.65. The maximum absolute atomic E-state index is 12.5. The summed E-state index contributed by atoms with van der Waals surface area (Å²) in [4.78, 5) is 30.0. The van der Waals surface area contributed by atoms with Gasteiger partial charge in [0.25, 0.3) is 0 Å². The van der Waals surface area contributed by atoms with Gasteiger partial charge in [0.1, 0.15) is 6.61 Å². The Balaban J connectivity index is 1.46. The summed E-state index contributed by atoms with van der Waals surface area (Å²) in [5.74, 6) is 0.0628. The molecule has 7 heteroatoms. The van der Waals surface area contributed by atoms with Crippen molar-refractivity contribution in [1.29, 1.82) is 0 Å². The number of piperidine rings is 1. The van der Waals surface area contributed by atoms with Crippen LogP contribution in [0, 0.1) is 0 Å². The fraction of sp³-hybridized carbons (Fsp3) is 0.500. The number of aryl methyl sites for hydroxylation is 1. The van der Waals surface area contributed by atoms with Gasteiger partial charge in [0.2, 0.25) is 11.8 Å². The van der Waals surface area contributed by atoms with Gasteiger partial charge in [-0.2, -0.15) is 0 Å². The highest BCUT2D eigenvalue weighted by Crippen LogP contribution is 2.16. The molecule has 1 fully saturated rings. The van der Waals surface area contributed by atoms with Crippen molar-refractivity contribution in [2.75, 3.05) is 26.8 Å². The summed E-state index contributed by atoms with van der Waals surface area (Å²) in [6.45, 7) is 2.10. The molecule has 25 heavy (non-hydrogen) atoms. The maximum atomic E-state index is 12.5. The summed E-state index contributed by atoms with van der Waals surface area (Å²) in [5, 5.41) is 4.08. The van der Waals surface area contributed by atoms with E-state index in [0.717, 1.165) is 23.7 Å². The summed E-state index contributed by atoms with van der Waals surface area (Å²) in [7, 11) is 1.50. The molecule has 1 aliphatic heterocycles. The van der Waals surface area contributed by atoms with Gasteiger partial charge in [-0.15, -0.1) is 0 Å². The number of amides is 2. The first-order valence-electron chi connectivity index (χ1n) is 8.62. The second-order valence-electron chi connectivity index (χ2n) is 6.35. The van der Waals surface area contributed by atoms with E-state index in [1.54, 1.807) is 6.20 Å². The highest BCUT2D eigenvalue weighted by Gasteiger charge is 2.23. The van der Waals surface area contributed by atoms with Gasteiger partial charge in [-0.05, 0) is 25.0 Å². The first-order valence-corrected chi connectivity index (χ1v) is 8.62. The second-order valence-corrected chi connectivity index (χ2v) is 6.35. The van der Waals surface area contributed by atoms with Crippen LogP contribution >= 0.6 is 0 Å². The first-order chi connectivity index (χ1) is 12.2. The van der Waals surface area contributed by atoms with Gasteiger partial charge in [0, 0.05) is 57.0 Å². The van der Waals surface area contributed by atoms with E-state index >= 15 is 0 Å². The van der Waals surface area contributed by atoms with Gasteiger partial charge >= 0.3 is 0 Å². The number of methoxy groups -OCH3 is 1. The number of pyridine rings is 1. The van der Waals surface area contributed by atoms with Gasteiger partial charge < -0.3 is 19.5 Å². The van der Waals surface area contributed by atoms with E-state index in [1.807, 2.05) is 29.4 Å². The first kappa shape index (κ1) is 17.4. The fourth-order valence-corrected chi connectivity index (χ4v) is 3.27. The molecule has 0 spiro atoms. The minimum Gasteiger partial charge on any atom is -0.375 e. The lowest BCUT2D eigenvalue weighted by molar-refractivity contribution is -0.132. The number of nitrogens with zero attached hydrogens (tertiary/aromatic N) is 3. The van der Waals surface area contributed by atoms with Crippen LogP contribution in [-0.4, -0.2) is 59.1 Å². The Labute approximate surface area is 147 Å². The molecular weight excluding hydrogens is 320 g/mol.